The molecule has 2 aromatic heterocycles. The number of aromatic nitrogens is 2. The van der Waals surface area contributed by atoms with E-state index in [0.29, 0.717) is 24.9 Å². The SMILES string of the molecule is CN=C(NCc1ccccn1)NCc1cccc(OC)n1. The minimum absolute atomic E-state index is 0.569. The largest absolute Gasteiger partial charge is 0.481 e. The topological polar surface area (TPSA) is 71.4 Å². The van der Waals surface area contributed by atoms with Gasteiger partial charge < -0.3 is 15.4 Å². The molecule has 0 aliphatic carbocycles. The quantitative estimate of drug-likeness (QED) is 0.641. The molecule has 2 heterocycles. The van der Waals surface area contributed by atoms with E-state index in [2.05, 4.69) is 25.6 Å². The van der Waals surface area contributed by atoms with Crippen molar-refractivity contribution in [1.29, 1.82) is 0 Å². The van der Waals surface area contributed by atoms with Crippen LogP contribution in [0, 0.1) is 0 Å². The van der Waals surface area contributed by atoms with Gasteiger partial charge in [0.15, 0.2) is 5.96 Å². The van der Waals surface area contributed by atoms with Crippen molar-refractivity contribution >= 4 is 5.96 Å². The molecule has 110 valence electrons. The molecule has 0 aromatic carbocycles. The van der Waals surface area contributed by atoms with Crippen LogP contribution in [0.4, 0.5) is 0 Å². The number of hydrogen-bond donors (Lipinski definition) is 2. The first kappa shape index (κ1) is 14.8. The molecule has 2 N–H and O–H groups in total. The average Bonchev–Trinajstić information content (AvgIpc) is 2.56. The van der Waals surface area contributed by atoms with Crippen LogP contribution in [0.2, 0.25) is 0 Å². The third kappa shape index (κ3) is 4.76. The van der Waals surface area contributed by atoms with E-state index < -0.39 is 0 Å². The standard InChI is InChI=1S/C15H19N5O/c1-16-15(18-10-12-6-3-4-9-17-12)19-11-13-7-5-8-14(20-13)21-2/h3-9H,10-11H2,1-2H3,(H2,16,18,19). The van der Waals surface area contributed by atoms with Crippen LogP contribution in [-0.4, -0.2) is 30.1 Å². The summed E-state index contributed by atoms with van der Waals surface area (Å²) in [4.78, 5) is 12.8. The van der Waals surface area contributed by atoms with Gasteiger partial charge in [0.05, 0.1) is 31.6 Å². The minimum atomic E-state index is 0.569. The number of nitrogens with one attached hydrogen (secondary N) is 2. The second kappa shape index (κ2) is 7.84. The number of aliphatic imine (C=N–C) groups is 1. The zero-order valence-electron chi connectivity index (χ0n) is 12.2. The van der Waals surface area contributed by atoms with Gasteiger partial charge in [-0.1, -0.05) is 12.1 Å². The van der Waals surface area contributed by atoms with E-state index in [1.165, 1.54) is 0 Å². The molecule has 0 bridgehead atoms. The molecule has 0 saturated carbocycles. The Morgan fingerprint density at radius 3 is 2.52 bits per heavy atom. The zero-order valence-corrected chi connectivity index (χ0v) is 12.2. The van der Waals surface area contributed by atoms with Crippen molar-refractivity contribution in [3.63, 3.8) is 0 Å². The van der Waals surface area contributed by atoms with Gasteiger partial charge in [-0.2, -0.15) is 0 Å². The molecular weight excluding hydrogens is 266 g/mol. The van der Waals surface area contributed by atoms with Crippen molar-refractivity contribution in [3.05, 3.63) is 54.0 Å². The first-order valence-corrected chi connectivity index (χ1v) is 6.66. The first-order chi connectivity index (χ1) is 10.3. The summed E-state index contributed by atoms with van der Waals surface area (Å²) in [5, 5.41) is 6.40. The molecular formula is C15H19N5O. The van der Waals surface area contributed by atoms with Gasteiger partial charge in [0, 0.05) is 19.3 Å². The van der Waals surface area contributed by atoms with E-state index >= 15 is 0 Å². The van der Waals surface area contributed by atoms with Gasteiger partial charge in [-0.15, -0.1) is 0 Å². The van der Waals surface area contributed by atoms with E-state index in [1.807, 2.05) is 36.4 Å². The van der Waals surface area contributed by atoms with Crippen molar-refractivity contribution in [1.82, 2.24) is 20.6 Å². The predicted octanol–water partition coefficient (Wildman–Crippen LogP) is 1.35. The number of hydrogen-bond acceptors (Lipinski definition) is 4. The minimum Gasteiger partial charge on any atom is -0.481 e. The highest BCUT2D eigenvalue weighted by Gasteiger charge is 2.01. The van der Waals surface area contributed by atoms with Crippen molar-refractivity contribution < 1.29 is 4.74 Å². The van der Waals surface area contributed by atoms with Gasteiger partial charge >= 0.3 is 0 Å². The van der Waals surface area contributed by atoms with Gasteiger partial charge in [0.25, 0.3) is 0 Å². The first-order valence-electron chi connectivity index (χ1n) is 6.66. The van der Waals surface area contributed by atoms with Crippen molar-refractivity contribution in [2.75, 3.05) is 14.2 Å². The molecule has 2 rings (SSSR count). The lowest BCUT2D eigenvalue weighted by Crippen LogP contribution is -2.36. The number of rotatable bonds is 5. The molecule has 0 aliphatic rings. The van der Waals surface area contributed by atoms with Crippen molar-refractivity contribution in [2.24, 2.45) is 4.99 Å². The summed E-state index contributed by atoms with van der Waals surface area (Å²) in [6, 6.07) is 11.5. The number of nitrogens with zero attached hydrogens (tertiary/aromatic N) is 3. The van der Waals surface area contributed by atoms with Crippen LogP contribution in [-0.2, 0) is 13.1 Å². The van der Waals surface area contributed by atoms with E-state index in [-0.39, 0.29) is 0 Å². The fourth-order valence-corrected chi connectivity index (χ4v) is 1.74. The summed E-state index contributed by atoms with van der Waals surface area (Å²) >= 11 is 0. The fraction of sp³-hybridized carbons (Fsp3) is 0.267. The Bertz CT molecular complexity index is 586. The highest BCUT2D eigenvalue weighted by Crippen LogP contribution is 2.06. The van der Waals surface area contributed by atoms with Crippen LogP contribution < -0.4 is 15.4 Å². The predicted molar refractivity (Wildman–Crippen MR) is 82.1 cm³/mol. The van der Waals surface area contributed by atoms with Crippen molar-refractivity contribution in [2.45, 2.75) is 13.1 Å². The van der Waals surface area contributed by atoms with E-state index in [9.17, 15) is 0 Å². The lowest BCUT2D eigenvalue weighted by atomic mass is 10.3. The second-order valence-corrected chi connectivity index (χ2v) is 4.27. The molecule has 0 saturated heterocycles. The van der Waals surface area contributed by atoms with Gasteiger partial charge in [-0.25, -0.2) is 4.98 Å². The third-order valence-corrected chi connectivity index (χ3v) is 2.81. The van der Waals surface area contributed by atoms with Crippen LogP contribution in [0.25, 0.3) is 0 Å². The molecule has 0 atom stereocenters. The lowest BCUT2D eigenvalue weighted by Gasteiger charge is -2.11. The summed E-state index contributed by atoms with van der Waals surface area (Å²) in [6.07, 6.45) is 1.77. The van der Waals surface area contributed by atoms with Crippen LogP contribution >= 0.6 is 0 Å². The highest BCUT2D eigenvalue weighted by atomic mass is 16.5. The summed E-state index contributed by atoms with van der Waals surface area (Å²) in [7, 11) is 3.33. The van der Waals surface area contributed by atoms with Gasteiger partial charge in [-0.05, 0) is 18.2 Å². The van der Waals surface area contributed by atoms with Crippen LogP contribution in [0.5, 0.6) is 5.88 Å². The van der Waals surface area contributed by atoms with Crippen LogP contribution in [0.15, 0.2) is 47.6 Å². The second-order valence-electron chi connectivity index (χ2n) is 4.27. The van der Waals surface area contributed by atoms with E-state index in [4.69, 9.17) is 4.74 Å². The Balaban J connectivity index is 1.85. The van der Waals surface area contributed by atoms with Crippen LogP contribution in [0.3, 0.4) is 0 Å². The Hall–Kier alpha value is -2.63. The molecule has 2 aromatic rings. The van der Waals surface area contributed by atoms with Crippen LogP contribution in [0.1, 0.15) is 11.4 Å². The molecule has 0 unspecified atom stereocenters. The lowest BCUT2D eigenvalue weighted by molar-refractivity contribution is 0.396. The van der Waals surface area contributed by atoms with E-state index in [0.717, 1.165) is 11.4 Å². The van der Waals surface area contributed by atoms with Gasteiger partial charge in [-0.3, -0.25) is 9.98 Å². The summed E-state index contributed by atoms with van der Waals surface area (Å²) in [5.41, 5.74) is 1.84. The molecule has 21 heavy (non-hydrogen) atoms. The maximum atomic E-state index is 5.10. The number of ether oxygens (including phenoxy) is 1. The maximum Gasteiger partial charge on any atom is 0.213 e. The number of pyridine rings is 2. The Labute approximate surface area is 124 Å². The number of guanidine groups is 1. The molecule has 0 fully saturated rings. The maximum absolute atomic E-state index is 5.10. The third-order valence-electron chi connectivity index (χ3n) is 2.81. The summed E-state index contributed by atoms with van der Waals surface area (Å²) in [5.74, 6) is 1.30. The summed E-state index contributed by atoms with van der Waals surface area (Å²) in [6.45, 7) is 1.19. The normalized spacial score (nSPS) is 11.0. The molecule has 0 amide bonds. The average molecular weight is 285 g/mol. The van der Waals surface area contributed by atoms with E-state index in [1.54, 1.807) is 20.4 Å². The summed E-state index contributed by atoms with van der Waals surface area (Å²) < 4.78 is 5.10. The monoisotopic (exact) mass is 285 g/mol. The molecule has 0 spiro atoms. The Morgan fingerprint density at radius 1 is 1.10 bits per heavy atom. The number of methoxy groups -OCH3 is 1. The molecule has 6 nitrogen and oxygen atoms in total. The Kier molecular flexibility index (Phi) is 5.51. The molecule has 0 radical (unpaired) electrons. The zero-order chi connectivity index (χ0) is 14.9. The highest BCUT2D eigenvalue weighted by molar-refractivity contribution is 5.79. The smallest absolute Gasteiger partial charge is 0.213 e. The van der Waals surface area contributed by atoms with Crippen molar-refractivity contribution in [3.8, 4) is 5.88 Å². The van der Waals surface area contributed by atoms with Gasteiger partial charge in [0.2, 0.25) is 5.88 Å². The molecule has 6 heteroatoms. The Morgan fingerprint density at radius 2 is 1.86 bits per heavy atom. The fourth-order valence-electron chi connectivity index (χ4n) is 1.74. The molecule has 0 aliphatic heterocycles. The van der Waals surface area contributed by atoms with Gasteiger partial charge in [0.1, 0.15) is 0 Å².